The van der Waals surface area contributed by atoms with Crippen molar-refractivity contribution in [3.63, 3.8) is 0 Å². The van der Waals surface area contributed by atoms with Gasteiger partial charge in [0, 0.05) is 0 Å². The second-order valence-corrected chi connectivity index (χ2v) is 4.82. The Morgan fingerprint density at radius 1 is 1.12 bits per heavy atom. The molecule has 1 aromatic carbocycles. The van der Waals surface area contributed by atoms with E-state index in [2.05, 4.69) is 5.32 Å². The average molecular weight is 221 g/mol. The lowest BCUT2D eigenvalue weighted by molar-refractivity contribution is 0.191. The zero-order valence-corrected chi connectivity index (χ0v) is 9.16. The first kappa shape index (κ1) is 10.1. The van der Waals surface area contributed by atoms with Gasteiger partial charge in [-0.2, -0.15) is 0 Å². The number of nitrogens with one attached hydrogen (secondary N) is 1. The van der Waals surface area contributed by atoms with Gasteiger partial charge in [0.15, 0.2) is 11.6 Å². The molecule has 2 nitrogen and oxygen atoms in total. The molecule has 0 radical (unpaired) electrons. The van der Waals surface area contributed by atoms with Crippen molar-refractivity contribution in [3.05, 3.63) is 30.1 Å². The third kappa shape index (κ3) is 1.80. The van der Waals surface area contributed by atoms with Gasteiger partial charge in [-0.25, -0.2) is 4.39 Å². The molecule has 0 spiro atoms. The van der Waals surface area contributed by atoms with Crippen molar-refractivity contribution in [2.24, 2.45) is 11.8 Å². The standard InChI is InChI=1S/C13H16FNO/c14-12-3-1-2-4-13(12)16-11-5-9-7-15-8-10(9)6-11/h1-4,9-11,15H,5-8H2/t9-,10?,11?/m0/s1. The first-order valence-electron chi connectivity index (χ1n) is 5.95. The molecular formula is C13H16FNO. The summed E-state index contributed by atoms with van der Waals surface area (Å²) in [5, 5.41) is 3.39. The molecule has 3 atom stereocenters. The minimum absolute atomic E-state index is 0.203. The van der Waals surface area contributed by atoms with Crippen LogP contribution >= 0.6 is 0 Å². The lowest BCUT2D eigenvalue weighted by atomic mass is 10.0. The van der Waals surface area contributed by atoms with Crippen LogP contribution in [0.1, 0.15) is 12.8 Å². The Morgan fingerprint density at radius 2 is 1.81 bits per heavy atom. The molecule has 3 rings (SSSR count). The van der Waals surface area contributed by atoms with Crippen LogP contribution in [0.25, 0.3) is 0 Å². The van der Waals surface area contributed by atoms with Gasteiger partial charge >= 0.3 is 0 Å². The number of benzene rings is 1. The molecule has 1 heterocycles. The highest BCUT2D eigenvalue weighted by molar-refractivity contribution is 5.24. The summed E-state index contributed by atoms with van der Waals surface area (Å²) in [5.41, 5.74) is 0. The molecule has 2 unspecified atom stereocenters. The predicted molar refractivity (Wildman–Crippen MR) is 59.9 cm³/mol. The molecule has 1 saturated carbocycles. The van der Waals surface area contributed by atoms with E-state index in [-0.39, 0.29) is 11.9 Å². The minimum atomic E-state index is -0.252. The highest BCUT2D eigenvalue weighted by atomic mass is 19.1. The maximum absolute atomic E-state index is 13.4. The first-order chi connectivity index (χ1) is 7.83. The van der Waals surface area contributed by atoms with Crippen LogP contribution in [-0.4, -0.2) is 19.2 Å². The number of ether oxygens (including phenoxy) is 1. The SMILES string of the molecule is Fc1ccccc1OC1CC2CNC[C@@H]2C1. The molecular weight excluding hydrogens is 205 g/mol. The van der Waals surface area contributed by atoms with E-state index >= 15 is 0 Å². The fourth-order valence-corrected chi connectivity index (χ4v) is 2.93. The second kappa shape index (κ2) is 4.06. The first-order valence-corrected chi connectivity index (χ1v) is 5.95. The van der Waals surface area contributed by atoms with Gasteiger partial charge in [0.05, 0.1) is 6.10 Å². The van der Waals surface area contributed by atoms with Crippen molar-refractivity contribution in [1.29, 1.82) is 0 Å². The summed E-state index contributed by atoms with van der Waals surface area (Å²) < 4.78 is 19.1. The molecule has 1 aromatic rings. The van der Waals surface area contributed by atoms with Crippen LogP contribution in [0, 0.1) is 17.7 Å². The van der Waals surface area contributed by atoms with E-state index in [1.807, 2.05) is 6.07 Å². The Balaban J connectivity index is 1.66. The quantitative estimate of drug-likeness (QED) is 0.826. The Bertz CT molecular complexity index is 370. The Morgan fingerprint density at radius 3 is 2.50 bits per heavy atom. The van der Waals surface area contributed by atoms with Crippen molar-refractivity contribution in [2.75, 3.05) is 13.1 Å². The molecule has 0 amide bonds. The van der Waals surface area contributed by atoms with Crippen molar-refractivity contribution in [2.45, 2.75) is 18.9 Å². The van der Waals surface area contributed by atoms with Crippen LogP contribution < -0.4 is 10.1 Å². The highest BCUT2D eigenvalue weighted by Gasteiger charge is 2.38. The van der Waals surface area contributed by atoms with Crippen molar-refractivity contribution in [1.82, 2.24) is 5.32 Å². The summed E-state index contributed by atoms with van der Waals surface area (Å²) in [5.74, 6) is 1.62. The fourth-order valence-electron chi connectivity index (χ4n) is 2.93. The Hall–Kier alpha value is -1.09. The van der Waals surface area contributed by atoms with Gasteiger partial charge in [0.1, 0.15) is 0 Å². The van der Waals surface area contributed by atoms with Crippen LogP contribution in [0.15, 0.2) is 24.3 Å². The Kier molecular flexibility index (Phi) is 2.56. The van der Waals surface area contributed by atoms with Gasteiger partial charge in [-0.3, -0.25) is 0 Å². The van der Waals surface area contributed by atoms with E-state index in [1.165, 1.54) is 6.07 Å². The molecule has 1 aliphatic heterocycles. The summed E-state index contributed by atoms with van der Waals surface area (Å²) in [6.45, 7) is 2.20. The molecule has 1 N–H and O–H groups in total. The van der Waals surface area contributed by atoms with Gasteiger partial charge in [-0.05, 0) is 49.9 Å². The van der Waals surface area contributed by atoms with E-state index < -0.39 is 0 Å². The lowest BCUT2D eigenvalue weighted by Crippen LogP contribution is -2.18. The predicted octanol–water partition coefficient (Wildman–Crippen LogP) is 2.20. The molecule has 86 valence electrons. The largest absolute Gasteiger partial charge is 0.487 e. The second-order valence-electron chi connectivity index (χ2n) is 4.82. The van der Waals surface area contributed by atoms with Crippen LogP contribution in [0.3, 0.4) is 0 Å². The average Bonchev–Trinajstić information content (AvgIpc) is 2.81. The number of hydrogen-bond acceptors (Lipinski definition) is 2. The van der Waals surface area contributed by atoms with E-state index in [1.54, 1.807) is 12.1 Å². The number of para-hydroxylation sites is 1. The summed E-state index contributed by atoms with van der Waals surface area (Å²) in [4.78, 5) is 0. The topological polar surface area (TPSA) is 21.3 Å². The normalized spacial score (nSPS) is 32.7. The molecule has 1 saturated heterocycles. The van der Waals surface area contributed by atoms with Crippen LogP contribution in [0.2, 0.25) is 0 Å². The van der Waals surface area contributed by atoms with E-state index in [0.29, 0.717) is 5.75 Å². The summed E-state index contributed by atoms with van der Waals surface area (Å²) in [6.07, 6.45) is 2.33. The zero-order chi connectivity index (χ0) is 11.0. The van der Waals surface area contributed by atoms with Crippen molar-refractivity contribution >= 4 is 0 Å². The molecule has 3 heteroatoms. The van der Waals surface area contributed by atoms with Gasteiger partial charge in [-0.15, -0.1) is 0 Å². The van der Waals surface area contributed by atoms with Gasteiger partial charge < -0.3 is 10.1 Å². The van der Waals surface area contributed by atoms with Crippen LogP contribution in [0.4, 0.5) is 4.39 Å². The number of halogens is 1. The number of hydrogen-bond donors (Lipinski definition) is 1. The molecule has 16 heavy (non-hydrogen) atoms. The number of fused-ring (bicyclic) bond motifs is 1. The van der Waals surface area contributed by atoms with Gasteiger partial charge in [0.2, 0.25) is 0 Å². The number of rotatable bonds is 2. The molecule has 1 aliphatic carbocycles. The zero-order valence-electron chi connectivity index (χ0n) is 9.16. The van der Waals surface area contributed by atoms with Gasteiger partial charge in [0.25, 0.3) is 0 Å². The maximum atomic E-state index is 13.4. The van der Waals surface area contributed by atoms with Crippen molar-refractivity contribution < 1.29 is 9.13 Å². The highest BCUT2D eigenvalue weighted by Crippen LogP contribution is 2.36. The van der Waals surface area contributed by atoms with E-state index in [0.717, 1.165) is 37.8 Å². The fraction of sp³-hybridized carbons (Fsp3) is 0.538. The van der Waals surface area contributed by atoms with E-state index in [4.69, 9.17) is 4.74 Å². The van der Waals surface area contributed by atoms with Crippen molar-refractivity contribution in [3.8, 4) is 5.75 Å². The molecule has 0 bridgehead atoms. The maximum Gasteiger partial charge on any atom is 0.165 e. The van der Waals surface area contributed by atoms with Crippen LogP contribution in [0.5, 0.6) is 5.75 Å². The summed E-state index contributed by atoms with van der Waals surface area (Å²) in [7, 11) is 0. The molecule has 2 fully saturated rings. The third-order valence-corrected chi connectivity index (χ3v) is 3.74. The molecule has 0 aromatic heterocycles. The van der Waals surface area contributed by atoms with Crippen LogP contribution in [-0.2, 0) is 0 Å². The monoisotopic (exact) mass is 221 g/mol. The Labute approximate surface area is 94.8 Å². The van der Waals surface area contributed by atoms with E-state index in [9.17, 15) is 4.39 Å². The molecule has 2 aliphatic rings. The summed E-state index contributed by atoms with van der Waals surface area (Å²) in [6, 6.07) is 6.67. The minimum Gasteiger partial charge on any atom is -0.487 e. The van der Waals surface area contributed by atoms with Gasteiger partial charge in [-0.1, -0.05) is 12.1 Å². The smallest absolute Gasteiger partial charge is 0.165 e. The summed E-state index contributed by atoms with van der Waals surface area (Å²) >= 11 is 0. The third-order valence-electron chi connectivity index (χ3n) is 3.74. The lowest BCUT2D eigenvalue weighted by Gasteiger charge is -2.15.